The van der Waals surface area contributed by atoms with E-state index in [0.29, 0.717) is 17.3 Å². The van der Waals surface area contributed by atoms with E-state index in [9.17, 15) is 9.18 Å². The van der Waals surface area contributed by atoms with Gasteiger partial charge >= 0.3 is 5.97 Å². The maximum Gasteiger partial charge on any atom is 0.303 e. The number of carboxylic acids is 1. The average molecular weight is 464 g/mol. The Balaban J connectivity index is 1.24. The Hall–Kier alpha value is -3.26. The predicted octanol–water partition coefficient (Wildman–Crippen LogP) is 4.33. The first-order valence-electron chi connectivity index (χ1n) is 11.8. The smallest absolute Gasteiger partial charge is 0.303 e. The van der Waals surface area contributed by atoms with E-state index in [-0.39, 0.29) is 23.7 Å². The fraction of sp³-hybridized carbons (Fsp3) is 0.423. The molecule has 178 valence electrons. The molecule has 1 saturated heterocycles. The third-order valence-electron chi connectivity index (χ3n) is 7.55. The van der Waals surface area contributed by atoms with Crippen molar-refractivity contribution in [2.75, 3.05) is 31.1 Å². The lowest BCUT2D eigenvalue weighted by atomic mass is 9.73. The van der Waals surface area contributed by atoms with Crippen LogP contribution in [0.3, 0.4) is 0 Å². The Morgan fingerprint density at radius 2 is 2.03 bits per heavy atom. The number of aliphatic carboxylic acids is 1. The van der Waals surface area contributed by atoms with Crippen LogP contribution in [0.15, 0.2) is 48.7 Å². The fourth-order valence-electron chi connectivity index (χ4n) is 5.31. The van der Waals surface area contributed by atoms with Gasteiger partial charge in [0.1, 0.15) is 17.5 Å². The highest BCUT2D eigenvalue weighted by Gasteiger charge is 2.40. The molecule has 1 aliphatic heterocycles. The summed E-state index contributed by atoms with van der Waals surface area (Å²) in [4.78, 5) is 28.3. The molecule has 0 amide bonds. The third-order valence-corrected chi connectivity index (χ3v) is 7.55. The number of imidazole rings is 1. The second kappa shape index (κ2) is 8.83. The number of benzene rings is 1. The number of allylic oxidation sites excluding steroid dienone is 1. The van der Waals surface area contributed by atoms with Crippen molar-refractivity contribution in [1.82, 2.24) is 19.9 Å². The topological polar surface area (TPSA) is 85.4 Å². The summed E-state index contributed by atoms with van der Waals surface area (Å²) in [5.41, 5.74) is 2.21. The molecular weight excluding hydrogens is 433 g/mol. The minimum absolute atomic E-state index is 0.0564. The van der Waals surface area contributed by atoms with Crippen LogP contribution < -0.4 is 4.90 Å². The van der Waals surface area contributed by atoms with E-state index in [0.717, 1.165) is 49.5 Å². The number of aromatic nitrogens is 3. The van der Waals surface area contributed by atoms with Crippen molar-refractivity contribution >= 4 is 22.8 Å². The number of halogens is 1. The average Bonchev–Trinajstić information content (AvgIpc) is 3.25. The first-order chi connectivity index (χ1) is 16.3. The van der Waals surface area contributed by atoms with Gasteiger partial charge in [0.15, 0.2) is 0 Å². The monoisotopic (exact) mass is 463 g/mol. The minimum atomic E-state index is -0.730. The van der Waals surface area contributed by atoms with Gasteiger partial charge in [-0.25, -0.2) is 14.4 Å². The fourth-order valence-corrected chi connectivity index (χ4v) is 5.31. The van der Waals surface area contributed by atoms with Gasteiger partial charge in [-0.1, -0.05) is 19.1 Å². The van der Waals surface area contributed by atoms with Crippen LogP contribution in [-0.4, -0.2) is 62.6 Å². The SMILES string of the molecule is CC1CC(CC(=O)O)C=CC1(C)N1CCN(c2ccc(-c3nc4cc(F)ccc4[nH]3)cn2)CC1. The molecule has 34 heavy (non-hydrogen) atoms. The Morgan fingerprint density at radius 1 is 1.24 bits per heavy atom. The molecule has 1 aromatic carbocycles. The number of hydrogen-bond donors (Lipinski definition) is 2. The van der Waals surface area contributed by atoms with Crippen LogP contribution in [0.5, 0.6) is 0 Å². The molecule has 0 spiro atoms. The molecule has 2 aliphatic rings. The summed E-state index contributed by atoms with van der Waals surface area (Å²) >= 11 is 0. The molecule has 1 aliphatic carbocycles. The number of carboxylic acid groups (broad SMARTS) is 1. The quantitative estimate of drug-likeness (QED) is 0.548. The zero-order chi connectivity index (χ0) is 23.9. The number of fused-ring (bicyclic) bond motifs is 1. The van der Waals surface area contributed by atoms with Crippen molar-refractivity contribution in [3.8, 4) is 11.4 Å². The number of hydrogen-bond acceptors (Lipinski definition) is 5. The Bertz CT molecular complexity index is 1220. The summed E-state index contributed by atoms with van der Waals surface area (Å²) in [7, 11) is 0. The van der Waals surface area contributed by atoms with E-state index in [1.165, 1.54) is 12.1 Å². The third kappa shape index (κ3) is 4.30. The van der Waals surface area contributed by atoms with Crippen LogP contribution in [0.1, 0.15) is 26.7 Å². The maximum atomic E-state index is 13.5. The molecule has 3 atom stereocenters. The zero-order valence-corrected chi connectivity index (χ0v) is 19.5. The summed E-state index contributed by atoms with van der Waals surface area (Å²) in [6.07, 6.45) is 7.25. The summed E-state index contributed by atoms with van der Waals surface area (Å²) in [5.74, 6) is 1.09. The van der Waals surface area contributed by atoms with Gasteiger partial charge in [-0.05, 0) is 49.4 Å². The molecule has 0 bridgehead atoms. The lowest BCUT2D eigenvalue weighted by Gasteiger charge is -2.50. The molecule has 3 heterocycles. The maximum absolute atomic E-state index is 13.5. The molecule has 2 aromatic heterocycles. The van der Waals surface area contributed by atoms with E-state index >= 15 is 0 Å². The number of piperazine rings is 1. The van der Waals surface area contributed by atoms with E-state index < -0.39 is 5.97 Å². The van der Waals surface area contributed by atoms with Gasteiger partial charge < -0.3 is 15.0 Å². The molecule has 3 aromatic rings. The molecule has 5 rings (SSSR count). The summed E-state index contributed by atoms with van der Waals surface area (Å²) in [6, 6.07) is 8.55. The molecule has 8 heteroatoms. The molecule has 3 unspecified atom stereocenters. The Kier molecular flexibility index (Phi) is 5.85. The van der Waals surface area contributed by atoms with Crippen molar-refractivity contribution < 1.29 is 14.3 Å². The first-order valence-corrected chi connectivity index (χ1v) is 11.8. The number of nitrogens with zero attached hydrogens (tertiary/aromatic N) is 4. The van der Waals surface area contributed by atoms with E-state index in [1.807, 2.05) is 18.3 Å². The van der Waals surface area contributed by atoms with Crippen LogP contribution in [0.2, 0.25) is 0 Å². The van der Waals surface area contributed by atoms with Gasteiger partial charge in [0, 0.05) is 49.5 Å². The number of anilines is 1. The number of nitrogens with one attached hydrogen (secondary N) is 1. The summed E-state index contributed by atoms with van der Waals surface area (Å²) in [5, 5.41) is 9.12. The molecule has 1 fully saturated rings. The van der Waals surface area contributed by atoms with Gasteiger partial charge in [-0.15, -0.1) is 0 Å². The van der Waals surface area contributed by atoms with Crippen molar-refractivity contribution in [2.45, 2.75) is 32.2 Å². The molecular formula is C26H30FN5O2. The summed E-state index contributed by atoms with van der Waals surface area (Å²) in [6.45, 7) is 8.11. The van der Waals surface area contributed by atoms with Crippen molar-refractivity contribution in [2.24, 2.45) is 11.8 Å². The highest BCUT2D eigenvalue weighted by Crippen LogP contribution is 2.38. The van der Waals surface area contributed by atoms with Crippen LogP contribution >= 0.6 is 0 Å². The lowest BCUT2D eigenvalue weighted by Crippen LogP contribution is -2.58. The molecule has 0 radical (unpaired) electrons. The van der Waals surface area contributed by atoms with E-state index in [2.05, 4.69) is 50.8 Å². The second-order valence-corrected chi connectivity index (χ2v) is 9.71. The lowest BCUT2D eigenvalue weighted by molar-refractivity contribution is -0.138. The van der Waals surface area contributed by atoms with Crippen LogP contribution in [-0.2, 0) is 4.79 Å². The number of pyridine rings is 1. The van der Waals surface area contributed by atoms with Crippen LogP contribution in [0.4, 0.5) is 10.2 Å². The zero-order valence-electron chi connectivity index (χ0n) is 19.5. The second-order valence-electron chi connectivity index (χ2n) is 9.71. The largest absolute Gasteiger partial charge is 0.481 e. The highest BCUT2D eigenvalue weighted by molar-refractivity contribution is 5.79. The first kappa shape index (κ1) is 22.5. The number of aromatic amines is 1. The normalized spacial score (nSPS) is 25.7. The Morgan fingerprint density at radius 3 is 2.71 bits per heavy atom. The predicted molar refractivity (Wildman–Crippen MR) is 130 cm³/mol. The van der Waals surface area contributed by atoms with E-state index in [4.69, 9.17) is 5.11 Å². The standard InChI is InChI=1S/C26H30FN5O2/c1-17-13-18(14-24(33)34)7-8-26(17,2)32-11-9-31(10-12-32)23-6-3-19(16-28-23)25-29-21-5-4-20(27)15-22(21)30-25/h3-8,15-18H,9-14H2,1-2H3,(H,29,30)(H,33,34). The van der Waals surface area contributed by atoms with Crippen LogP contribution in [0, 0.1) is 17.7 Å². The minimum Gasteiger partial charge on any atom is -0.481 e. The van der Waals surface area contributed by atoms with Crippen molar-refractivity contribution in [3.05, 3.63) is 54.5 Å². The van der Waals surface area contributed by atoms with E-state index in [1.54, 1.807) is 6.07 Å². The van der Waals surface area contributed by atoms with Gasteiger partial charge in [0.05, 0.1) is 17.5 Å². The number of carbonyl (C=O) groups is 1. The van der Waals surface area contributed by atoms with Gasteiger partial charge in [-0.3, -0.25) is 9.69 Å². The molecule has 2 N–H and O–H groups in total. The van der Waals surface area contributed by atoms with Gasteiger partial charge in [0.25, 0.3) is 0 Å². The van der Waals surface area contributed by atoms with Crippen LogP contribution in [0.25, 0.3) is 22.4 Å². The summed E-state index contributed by atoms with van der Waals surface area (Å²) < 4.78 is 13.5. The van der Waals surface area contributed by atoms with Gasteiger partial charge in [0.2, 0.25) is 0 Å². The Labute approximate surface area is 198 Å². The molecule has 0 saturated carbocycles. The van der Waals surface area contributed by atoms with Crippen molar-refractivity contribution in [1.29, 1.82) is 0 Å². The molecule has 7 nitrogen and oxygen atoms in total. The highest BCUT2D eigenvalue weighted by atomic mass is 19.1. The van der Waals surface area contributed by atoms with Crippen molar-refractivity contribution in [3.63, 3.8) is 0 Å². The number of rotatable bonds is 5. The van der Waals surface area contributed by atoms with Gasteiger partial charge in [-0.2, -0.15) is 0 Å². The number of H-pyrrole nitrogens is 1.